The highest BCUT2D eigenvalue weighted by Gasteiger charge is 2.32. The van der Waals surface area contributed by atoms with Crippen LogP contribution in [0, 0.1) is 11.3 Å². The Morgan fingerprint density at radius 1 is 1.16 bits per heavy atom. The van der Waals surface area contributed by atoms with Gasteiger partial charge in [0.15, 0.2) is 0 Å². The number of nitrogens with zero attached hydrogens (tertiary/aromatic N) is 2. The number of carbonyl (C=O) groups is 1. The fraction of sp³-hybridized carbons (Fsp3) is 0.263. The Balaban J connectivity index is 1.60. The van der Waals surface area contributed by atoms with Gasteiger partial charge in [0.2, 0.25) is 5.91 Å². The second-order valence-corrected chi connectivity index (χ2v) is 6.58. The smallest absolute Gasteiger partial charge is 0.233 e. The largest absolute Gasteiger partial charge is 0.497 e. The predicted octanol–water partition coefficient (Wildman–Crippen LogP) is 3.22. The quantitative estimate of drug-likeness (QED) is 0.797. The molecule has 1 atom stereocenters. The number of hydrogen-bond donors (Lipinski definition) is 0. The van der Waals surface area contributed by atoms with E-state index in [1.807, 2.05) is 41.3 Å². The molecule has 25 heavy (non-hydrogen) atoms. The Bertz CT molecular complexity index is 769. The summed E-state index contributed by atoms with van der Waals surface area (Å²) >= 11 is 1.60. The van der Waals surface area contributed by atoms with Crippen LogP contribution in [0.25, 0.3) is 0 Å². The Morgan fingerprint density at radius 2 is 1.84 bits per heavy atom. The topological polar surface area (TPSA) is 62.6 Å². The maximum atomic E-state index is 12.2. The molecule has 1 aliphatic heterocycles. The monoisotopic (exact) mass is 354 g/mol. The van der Waals surface area contributed by atoms with Crippen LogP contribution in [0.15, 0.2) is 48.5 Å². The molecule has 0 radical (unpaired) electrons. The van der Waals surface area contributed by atoms with Crippen molar-refractivity contribution in [1.82, 2.24) is 4.90 Å². The number of rotatable bonds is 6. The van der Waals surface area contributed by atoms with E-state index in [0.29, 0.717) is 24.5 Å². The highest BCUT2D eigenvalue weighted by molar-refractivity contribution is 8.00. The first-order valence-corrected chi connectivity index (χ1v) is 8.94. The SMILES string of the molecule is COc1ccc(OCCN2C(=O)CSC2c2ccc(C#N)cc2)cc1. The highest BCUT2D eigenvalue weighted by Crippen LogP contribution is 2.38. The van der Waals surface area contributed by atoms with E-state index in [1.54, 1.807) is 31.0 Å². The summed E-state index contributed by atoms with van der Waals surface area (Å²) in [6.07, 6.45) is 0. The van der Waals surface area contributed by atoms with Crippen molar-refractivity contribution in [1.29, 1.82) is 5.26 Å². The number of thioether (sulfide) groups is 1. The molecule has 1 unspecified atom stereocenters. The van der Waals surface area contributed by atoms with Gasteiger partial charge in [-0.25, -0.2) is 0 Å². The average molecular weight is 354 g/mol. The molecule has 2 aromatic rings. The van der Waals surface area contributed by atoms with Crippen molar-refractivity contribution in [2.75, 3.05) is 26.0 Å². The van der Waals surface area contributed by atoms with E-state index in [9.17, 15) is 4.79 Å². The molecule has 3 rings (SSSR count). The van der Waals surface area contributed by atoms with E-state index < -0.39 is 0 Å². The molecule has 128 valence electrons. The van der Waals surface area contributed by atoms with Crippen LogP contribution in [0.3, 0.4) is 0 Å². The van der Waals surface area contributed by atoms with Crippen molar-refractivity contribution in [3.05, 3.63) is 59.7 Å². The number of amides is 1. The van der Waals surface area contributed by atoms with Gasteiger partial charge in [-0.2, -0.15) is 5.26 Å². The molecule has 5 nitrogen and oxygen atoms in total. The van der Waals surface area contributed by atoms with Crippen LogP contribution in [0.5, 0.6) is 11.5 Å². The highest BCUT2D eigenvalue weighted by atomic mass is 32.2. The maximum absolute atomic E-state index is 12.2. The predicted molar refractivity (Wildman–Crippen MR) is 96.6 cm³/mol. The standard InChI is InChI=1S/C19H18N2O3S/c1-23-16-6-8-17(9-7-16)24-11-10-21-18(22)13-25-19(21)15-4-2-14(12-20)3-5-15/h2-9,19H,10-11,13H2,1H3. The molecule has 0 N–H and O–H groups in total. The van der Waals surface area contributed by atoms with Gasteiger partial charge in [0.25, 0.3) is 0 Å². The Labute approximate surface area is 151 Å². The molecule has 1 fully saturated rings. The summed E-state index contributed by atoms with van der Waals surface area (Å²) in [5, 5.41) is 8.87. The molecular formula is C19H18N2O3S. The number of nitriles is 1. The molecule has 0 saturated carbocycles. The average Bonchev–Trinajstić information content (AvgIpc) is 3.03. The third-order valence-electron chi connectivity index (χ3n) is 3.95. The van der Waals surface area contributed by atoms with Crippen molar-refractivity contribution in [3.63, 3.8) is 0 Å². The molecule has 1 saturated heterocycles. The van der Waals surface area contributed by atoms with Gasteiger partial charge < -0.3 is 14.4 Å². The molecule has 2 aromatic carbocycles. The summed E-state index contributed by atoms with van der Waals surface area (Å²) in [6.45, 7) is 0.938. The lowest BCUT2D eigenvalue weighted by molar-refractivity contribution is -0.128. The van der Waals surface area contributed by atoms with Gasteiger partial charge in [-0.3, -0.25) is 4.79 Å². The van der Waals surface area contributed by atoms with E-state index >= 15 is 0 Å². The summed E-state index contributed by atoms with van der Waals surface area (Å²) in [7, 11) is 1.62. The minimum atomic E-state index is -0.0280. The lowest BCUT2D eigenvalue weighted by Gasteiger charge is -2.24. The summed E-state index contributed by atoms with van der Waals surface area (Å²) in [6, 6.07) is 16.9. The van der Waals surface area contributed by atoms with Crippen LogP contribution in [0.2, 0.25) is 0 Å². The Hall–Kier alpha value is -2.65. The first-order chi connectivity index (χ1) is 12.2. The zero-order valence-electron chi connectivity index (χ0n) is 13.8. The molecule has 0 aromatic heterocycles. The van der Waals surface area contributed by atoms with Gasteiger partial charge in [0.1, 0.15) is 23.5 Å². The second-order valence-electron chi connectivity index (χ2n) is 5.51. The fourth-order valence-electron chi connectivity index (χ4n) is 2.63. The van der Waals surface area contributed by atoms with Crippen LogP contribution >= 0.6 is 11.8 Å². The van der Waals surface area contributed by atoms with Crippen LogP contribution in [0.1, 0.15) is 16.5 Å². The van der Waals surface area contributed by atoms with Gasteiger partial charge in [-0.15, -0.1) is 11.8 Å². The molecule has 1 heterocycles. The van der Waals surface area contributed by atoms with Crippen molar-refractivity contribution in [2.45, 2.75) is 5.37 Å². The normalized spacial score (nSPS) is 16.6. The van der Waals surface area contributed by atoms with Gasteiger partial charge >= 0.3 is 0 Å². The first-order valence-electron chi connectivity index (χ1n) is 7.89. The number of benzene rings is 2. The van der Waals surface area contributed by atoms with Gasteiger partial charge in [-0.1, -0.05) is 12.1 Å². The fourth-order valence-corrected chi connectivity index (χ4v) is 3.85. The number of methoxy groups -OCH3 is 1. The molecule has 6 heteroatoms. The minimum Gasteiger partial charge on any atom is -0.497 e. The molecule has 1 amide bonds. The Kier molecular flexibility index (Phi) is 5.46. The van der Waals surface area contributed by atoms with Crippen molar-refractivity contribution in [3.8, 4) is 17.6 Å². The van der Waals surface area contributed by atoms with Crippen LogP contribution in [0.4, 0.5) is 0 Å². The lowest BCUT2D eigenvalue weighted by atomic mass is 10.1. The van der Waals surface area contributed by atoms with Gasteiger partial charge in [-0.05, 0) is 42.0 Å². The number of carbonyl (C=O) groups excluding carboxylic acids is 1. The van der Waals surface area contributed by atoms with Crippen LogP contribution < -0.4 is 9.47 Å². The van der Waals surface area contributed by atoms with Crippen LogP contribution in [-0.2, 0) is 4.79 Å². The van der Waals surface area contributed by atoms with Gasteiger partial charge in [0.05, 0.1) is 31.0 Å². The van der Waals surface area contributed by atoms with E-state index in [0.717, 1.165) is 17.1 Å². The molecule has 0 bridgehead atoms. The molecule has 0 spiro atoms. The molecular weight excluding hydrogens is 336 g/mol. The van der Waals surface area contributed by atoms with E-state index in [-0.39, 0.29) is 11.3 Å². The minimum absolute atomic E-state index is 0.0280. The summed E-state index contributed by atoms with van der Waals surface area (Å²) < 4.78 is 10.9. The lowest BCUT2D eigenvalue weighted by Crippen LogP contribution is -2.32. The Morgan fingerprint density at radius 3 is 2.48 bits per heavy atom. The third kappa shape index (κ3) is 4.06. The third-order valence-corrected chi connectivity index (χ3v) is 5.21. The van der Waals surface area contributed by atoms with Crippen molar-refractivity contribution >= 4 is 17.7 Å². The van der Waals surface area contributed by atoms with Crippen LogP contribution in [-0.4, -0.2) is 36.8 Å². The van der Waals surface area contributed by atoms with E-state index in [4.69, 9.17) is 14.7 Å². The van der Waals surface area contributed by atoms with E-state index in [2.05, 4.69) is 6.07 Å². The van der Waals surface area contributed by atoms with Gasteiger partial charge in [0, 0.05) is 0 Å². The zero-order valence-corrected chi connectivity index (χ0v) is 14.7. The number of ether oxygens (including phenoxy) is 2. The van der Waals surface area contributed by atoms with Crippen molar-refractivity contribution in [2.24, 2.45) is 0 Å². The summed E-state index contributed by atoms with van der Waals surface area (Å²) in [4.78, 5) is 14.0. The molecule has 0 aliphatic carbocycles. The summed E-state index contributed by atoms with van der Waals surface area (Å²) in [5.74, 6) is 2.10. The number of hydrogen-bond acceptors (Lipinski definition) is 5. The second kappa shape index (κ2) is 7.95. The maximum Gasteiger partial charge on any atom is 0.233 e. The molecule has 1 aliphatic rings. The van der Waals surface area contributed by atoms with E-state index in [1.165, 1.54) is 0 Å². The summed E-state index contributed by atoms with van der Waals surface area (Å²) in [5.41, 5.74) is 1.65. The van der Waals surface area contributed by atoms with Crippen molar-refractivity contribution < 1.29 is 14.3 Å². The first kappa shape index (κ1) is 17.2. The zero-order chi connectivity index (χ0) is 17.6.